The van der Waals surface area contributed by atoms with Crippen molar-refractivity contribution < 1.29 is 14.1 Å². The SMILES string of the molecule is O=C(Nc1noc2ccccc12)N1CCN(c2nc(N3CCOCC3)ns2)CC1. The van der Waals surface area contributed by atoms with Crippen molar-refractivity contribution in [2.24, 2.45) is 0 Å². The Morgan fingerprint density at radius 3 is 2.66 bits per heavy atom. The van der Waals surface area contributed by atoms with E-state index in [1.165, 1.54) is 11.5 Å². The lowest BCUT2D eigenvalue weighted by Gasteiger charge is -2.34. The van der Waals surface area contributed by atoms with Gasteiger partial charge in [-0.2, -0.15) is 9.36 Å². The normalized spacial score (nSPS) is 17.7. The fraction of sp³-hybridized carbons (Fsp3) is 0.444. The summed E-state index contributed by atoms with van der Waals surface area (Å²) in [5, 5.41) is 8.51. The fourth-order valence-corrected chi connectivity index (χ4v) is 4.23. The zero-order valence-electron chi connectivity index (χ0n) is 15.8. The molecule has 5 rings (SSSR count). The van der Waals surface area contributed by atoms with Gasteiger partial charge in [-0.3, -0.25) is 5.32 Å². The number of carbonyl (C=O) groups excluding carboxylic acids is 1. The molecule has 0 saturated carbocycles. The van der Waals surface area contributed by atoms with Crippen molar-refractivity contribution in [3.8, 4) is 0 Å². The lowest BCUT2D eigenvalue weighted by atomic mass is 10.2. The molecule has 2 aromatic heterocycles. The van der Waals surface area contributed by atoms with Crippen LogP contribution in [0, 0.1) is 0 Å². The molecule has 2 saturated heterocycles. The van der Waals surface area contributed by atoms with Gasteiger partial charge in [0.2, 0.25) is 11.1 Å². The highest BCUT2D eigenvalue weighted by Crippen LogP contribution is 2.25. The molecule has 11 heteroatoms. The molecule has 2 aliphatic heterocycles. The molecule has 2 aliphatic rings. The number of ether oxygens (including phenoxy) is 1. The Labute approximate surface area is 171 Å². The average molecular weight is 415 g/mol. The van der Waals surface area contributed by atoms with E-state index in [0.29, 0.717) is 50.8 Å². The van der Waals surface area contributed by atoms with Gasteiger partial charge in [-0.05, 0) is 12.1 Å². The van der Waals surface area contributed by atoms with Crippen LogP contribution in [0.4, 0.5) is 21.7 Å². The lowest BCUT2D eigenvalue weighted by Crippen LogP contribution is -2.50. The van der Waals surface area contributed by atoms with E-state index in [0.717, 1.165) is 29.6 Å². The van der Waals surface area contributed by atoms with E-state index < -0.39 is 0 Å². The van der Waals surface area contributed by atoms with Crippen LogP contribution in [-0.4, -0.2) is 77.9 Å². The zero-order chi connectivity index (χ0) is 19.6. The van der Waals surface area contributed by atoms with Gasteiger partial charge >= 0.3 is 6.03 Å². The number of fused-ring (bicyclic) bond motifs is 1. The highest BCUT2D eigenvalue weighted by atomic mass is 32.1. The molecule has 10 nitrogen and oxygen atoms in total. The van der Waals surface area contributed by atoms with Crippen LogP contribution >= 0.6 is 11.5 Å². The Bertz CT molecular complexity index is 992. The highest BCUT2D eigenvalue weighted by Gasteiger charge is 2.25. The van der Waals surface area contributed by atoms with E-state index in [1.54, 1.807) is 4.90 Å². The van der Waals surface area contributed by atoms with E-state index in [-0.39, 0.29) is 6.03 Å². The average Bonchev–Trinajstić information content (AvgIpc) is 3.43. The fourth-order valence-electron chi connectivity index (χ4n) is 3.49. The maximum absolute atomic E-state index is 12.6. The number of para-hydroxylation sites is 1. The number of urea groups is 1. The van der Waals surface area contributed by atoms with E-state index in [4.69, 9.17) is 9.26 Å². The largest absolute Gasteiger partial charge is 0.378 e. The summed E-state index contributed by atoms with van der Waals surface area (Å²) in [6.45, 7) is 5.70. The maximum Gasteiger partial charge on any atom is 0.323 e. The molecule has 0 unspecified atom stereocenters. The monoisotopic (exact) mass is 415 g/mol. The summed E-state index contributed by atoms with van der Waals surface area (Å²) in [7, 11) is 0. The molecule has 0 radical (unpaired) electrons. The molecular weight excluding hydrogens is 394 g/mol. The number of nitrogens with one attached hydrogen (secondary N) is 1. The van der Waals surface area contributed by atoms with E-state index in [9.17, 15) is 4.79 Å². The standard InChI is InChI=1S/C18H21N7O3S/c26-17(19-15-13-3-1-2-4-14(13)28-21-15)24-5-7-25(8-6-24)18-20-16(22-29-18)23-9-11-27-12-10-23/h1-4H,5-12H2,(H,19,21,26). The molecule has 1 aromatic carbocycles. The molecule has 0 atom stereocenters. The van der Waals surface area contributed by atoms with Gasteiger partial charge in [0.25, 0.3) is 0 Å². The topological polar surface area (TPSA) is 99.9 Å². The third-order valence-electron chi connectivity index (χ3n) is 5.14. The number of morpholine rings is 1. The summed E-state index contributed by atoms with van der Waals surface area (Å²) < 4.78 is 15.1. The number of hydrogen-bond donors (Lipinski definition) is 1. The summed E-state index contributed by atoms with van der Waals surface area (Å²) in [6, 6.07) is 7.29. The van der Waals surface area contributed by atoms with Crippen molar-refractivity contribution in [1.29, 1.82) is 0 Å². The molecule has 0 spiro atoms. The first-order chi connectivity index (χ1) is 14.3. The summed E-state index contributed by atoms with van der Waals surface area (Å²) in [6.07, 6.45) is 0. The summed E-state index contributed by atoms with van der Waals surface area (Å²) in [4.78, 5) is 23.4. The van der Waals surface area contributed by atoms with E-state index >= 15 is 0 Å². The molecule has 2 fully saturated rings. The predicted molar refractivity (Wildman–Crippen MR) is 110 cm³/mol. The molecule has 152 valence electrons. The molecule has 1 N–H and O–H groups in total. The minimum atomic E-state index is -0.171. The molecule has 0 bridgehead atoms. The number of aromatic nitrogens is 3. The first kappa shape index (κ1) is 18.1. The van der Waals surface area contributed by atoms with Crippen LogP contribution < -0.4 is 15.1 Å². The summed E-state index contributed by atoms with van der Waals surface area (Å²) in [5.41, 5.74) is 0.653. The van der Waals surface area contributed by atoms with Crippen LogP contribution in [0.15, 0.2) is 28.8 Å². The van der Waals surface area contributed by atoms with E-state index in [1.807, 2.05) is 24.3 Å². The third-order valence-corrected chi connectivity index (χ3v) is 5.91. The second-order valence-corrected chi connectivity index (χ2v) is 7.64. The Hall–Kier alpha value is -2.92. The molecule has 3 aromatic rings. The molecule has 0 aliphatic carbocycles. The van der Waals surface area contributed by atoms with Crippen LogP contribution in [-0.2, 0) is 4.74 Å². The van der Waals surface area contributed by atoms with Crippen molar-refractivity contribution in [3.63, 3.8) is 0 Å². The van der Waals surface area contributed by atoms with E-state index in [2.05, 4.69) is 29.6 Å². The highest BCUT2D eigenvalue weighted by molar-refractivity contribution is 7.09. The van der Waals surface area contributed by atoms with Gasteiger partial charge in [0, 0.05) is 50.8 Å². The Morgan fingerprint density at radius 2 is 1.83 bits per heavy atom. The van der Waals surface area contributed by atoms with Crippen LogP contribution in [0.25, 0.3) is 11.0 Å². The number of amides is 2. The van der Waals surface area contributed by atoms with Crippen molar-refractivity contribution >= 4 is 45.4 Å². The number of anilines is 3. The van der Waals surface area contributed by atoms with Gasteiger partial charge in [-0.1, -0.05) is 17.3 Å². The van der Waals surface area contributed by atoms with Crippen molar-refractivity contribution in [1.82, 2.24) is 19.4 Å². The molecule has 29 heavy (non-hydrogen) atoms. The van der Waals surface area contributed by atoms with Gasteiger partial charge in [0.1, 0.15) is 0 Å². The quantitative estimate of drug-likeness (QED) is 0.692. The van der Waals surface area contributed by atoms with Gasteiger partial charge < -0.3 is 24.0 Å². The summed E-state index contributed by atoms with van der Waals surface area (Å²) in [5.74, 6) is 1.22. The number of benzene rings is 1. The maximum atomic E-state index is 12.6. The Kier molecular flexibility index (Phi) is 4.90. The summed E-state index contributed by atoms with van der Waals surface area (Å²) >= 11 is 1.41. The third kappa shape index (κ3) is 3.70. The molecular formula is C18H21N7O3S. The second kappa shape index (κ2) is 7.84. The van der Waals surface area contributed by atoms with Crippen LogP contribution in [0.2, 0.25) is 0 Å². The van der Waals surface area contributed by atoms with Gasteiger partial charge in [-0.25, -0.2) is 4.79 Å². The Morgan fingerprint density at radius 1 is 1.03 bits per heavy atom. The van der Waals surface area contributed by atoms with Gasteiger partial charge in [0.05, 0.1) is 18.6 Å². The van der Waals surface area contributed by atoms with Crippen molar-refractivity contribution in [3.05, 3.63) is 24.3 Å². The van der Waals surface area contributed by atoms with Crippen molar-refractivity contribution in [2.45, 2.75) is 0 Å². The number of carbonyl (C=O) groups is 1. The number of hydrogen-bond acceptors (Lipinski definition) is 9. The second-order valence-electron chi connectivity index (χ2n) is 6.91. The van der Waals surface area contributed by atoms with Crippen LogP contribution in [0.1, 0.15) is 0 Å². The number of piperazine rings is 1. The van der Waals surface area contributed by atoms with Crippen LogP contribution in [0.3, 0.4) is 0 Å². The smallest absolute Gasteiger partial charge is 0.323 e. The molecule has 4 heterocycles. The minimum absolute atomic E-state index is 0.171. The lowest BCUT2D eigenvalue weighted by molar-refractivity contribution is 0.122. The van der Waals surface area contributed by atoms with Gasteiger partial charge in [0.15, 0.2) is 11.4 Å². The minimum Gasteiger partial charge on any atom is -0.378 e. The first-order valence-corrected chi connectivity index (χ1v) is 10.4. The predicted octanol–water partition coefficient (Wildman–Crippen LogP) is 1.87. The Balaban J connectivity index is 1.18. The molecule has 2 amide bonds. The number of rotatable bonds is 3. The van der Waals surface area contributed by atoms with Gasteiger partial charge in [-0.15, -0.1) is 0 Å². The zero-order valence-corrected chi connectivity index (χ0v) is 16.6. The van der Waals surface area contributed by atoms with Crippen molar-refractivity contribution in [2.75, 3.05) is 67.6 Å². The first-order valence-electron chi connectivity index (χ1n) is 9.59. The number of nitrogens with zero attached hydrogens (tertiary/aromatic N) is 6. The van der Waals surface area contributed by atoms with Crippen LogP contribution in [0.5, 0.6) is 0 Å².